The molecule has 0 atom stereocenters. The molecule has 3 rings (SSSR count). The molecule has 0 spiro atoms. The minimum absolute atomic E-state index is 0.248. The number of carbonyl (C=O) groups is 1. The topological polar surface area (TPSA) is 73.0 Å². The SMILES string of the molecule is O=C(NCCn1cc(Cl)cn1)c1cc(-c2ccccc2)on1. The molecule has 0 saturated carbocycles. The van der Waals surface area contributed by atoms with Crippen LogP contribution in [0.2, 0.25) is 5.02 Å². The molecular weight excluding hydrogens is 304 g/mol. The Labute approximate surface area is 131 Å². The van der Waals surface area contributed by atoms with Crippen molar-refractivity contribution in [2.75, 3.05) is 6.54 Å². The fourth-order valence-corrected chi connectivity index (χ4v) is 2.11. The lowest BCUT2D eigenvalue weighted by molar-refractivity contribution is 0.0943. The molecule has 2 aromatic heterocycles. The molecule has 1 N–H and O–H groups in total. The Bertz CT molecular complexity index is 767. The average molecular weight is 317 g/mol. The first-order chi connectivity index (χ1) is 10.7. The Morgan fingerprint density at radius 2 is 2.14 bits per heavy atom. The molecule has 1 aromatic carbocycles. The van der Waals surface area contributed by atoms with Gasteiger partial charge in [-0.05, 0) is 0 Å². The van der Waals surface area contributed by atoms with Gasteiger partial charge in [0.25, 0.3) is 5.91 Å². The maximum absolute atomic E-state index is 12.0. The lowest BCUT2D eigenvalue weighted by atomic mass is 10.1. The van der Waals surface area contributed by atoms with Crippen molar-refractivity contribution in [3.63, 3.8) is 0 Å². The van der Waals surface area contributed by atoms with E-state index in [1.807, 2.05) is 30.3 Å². The third-order valence-electron chi connectivity index (χ3n) is 3.03. The molecule has 0 radical (unpaired) electrons. The molecule has 22 heavy (non-hydrogen) atoms. The minimum Gasteiger partial charge on any atom is -0.355 e. The smallest absolute Gasteiger partial charge is 0.273 e. The molecule has 6 nitrogen and oxygen atoms in total. The summed E-state index contributed by atoms with van der Waals surface area (Å²) >= 11 is 5.77. The number of aromatic nitrogens is 3. The van der Waals surface area contributed by atoms with Gasteiger partial charge in [-0.2, -0.15) is 5.10 Å². The zero-order valence-corrected chi connectivity index (χ0v) is 12.3. The molecule has 2 heterocycles. The molecule has 7 heteroatoms. The third kappa shape index (κ3) is 3.35. The summed E-state index contributed by atoms with van der Waals surface area (Å²) < 4.78 is 6.85. The summed E-state index contributed by atoms with van der Waals surface area (Å²) in [5, 5.41) is 11.1. The normalized spacial score (nSPS) is 10.6. The first-order valence-electron chi connectivity index (χ1n) is 6.70. The summed E-state index contributed by atoms with van der Waals surface area (Å²) in [5.74, 6) is 0.272. The van der Waals surface area contributed by atoms with Crippen LogP contribution in [0.5, 0.6) is 0 Å². The number of rotatable bonds is 5. The van der Waals surface area contributed by atoms with Crippen molar-refractivity contribution in [2.24, 2.45) is 0 Å². The van der Waals surface area contributed by atoms with Crippen molar-refractivity contribution in [3.8, 4) is 11.3 Å². The number of halogens is 1. The zero-order chi connectivity index (χ0) is 15.4. The lowest BCUT2D eigenvalue weighted by Gasteiger charge is -2.02. The monoisotopic (exact) mass is 316 g/mol. The molecule has 112 valence electrons. The van der Waals surface area contributed by atoms with E-state index in [0.29, 0.717) is 23.9 Å². The van der Waals surface area contributed by atoms with Gasteiger partial charge in [-0.15, -0.1) is 0 Å². The summed E-state index contributed by atoms with van der Waals surface area (Å²) in [7, 11) is 0. The van der Waals surface area contributed by atoms with Crippen LogP contribution in [0.25, 0.3) is 11.3 Å². The number of carbonyl (C=O) groups excluding carboxylic acids is 1. The number of hydrogen-bond donors (Lipinski definition) is 1. The van der Waals surface area contributed by atoms with Crippen LogP contribution in [0.3, 0.4) is 0 Å². The molecule has 0 fully saturated rings. The van der Waals surface area contributed by atoms with Gasteiger partial charge in [-0.25, -0.2) is 0 Å². The van der Waals surface area contributed by atoms with Crippen molar-refractivity contribution in [2.45, 2.75) is 6.54 Å². The minimum atomic E-state index is -0.288. The first-order valence-corrected chi connectivity index (χ1v) is 7.08. The van der Waals surface area contributed by atoms with Crippen molar-refractivity contribution in [1.82, 2.24) is 20.3 Å². The number of benzene rings is 1. The van der Waals surface area contributed by atoms with E-state index in [9.17, 15) is 4.79 Å². The second-order valence-corrected chi connectivity index (χ2v) is 5.06. The van der Waals surface area contributed by atoms with Crippen LogP contribution in [-0.4, -0.2) is 27.4 Å². The molecule has 0 aliphatic heterocycles. The van der Waals surface area contributed by atoms with E-state index in [1.165, 1.54) is 0 Å². The van der Waals surface area contributed by atoms with Gasteiger partial charge in [-0.1, -0.05) is 47.1 Å². The van der Waals surface area contributed by atoms with Crippen LogP contribution in [0.15, 0.2) is 53.3 Å². The van der Waals surface area contributed by atoms with Crippen LogP contribution >= 0.6 is 11.6 Å². The van der Waals surface area contributed by atoms with Crippen molar-refractivity contribution >= 4 is 17.5 Å². The summed E-state index contributed by atoms with van der Waals surface area (Å²) in [6.07, 6.45) is 3.24. The molecule has 0 saturated heterocycles. The van der Waals surface area contributed by atoms with E-state index in [-0.39, 0.29) is 11.6 Å². The Balaban J connectivity index is 1.58. The zero-order valence-electron chi connectivity index (χ0n) is 11.6. The number of hydrogen-bond acceptors (Lipinski definition) is 4. The van der Waals surface area contributed by atoms with E-state index in [1.54, 1.807) is 23.1 Å². The molecule has 3 aromatic rings. The molecule has 0 aliphatic carbocycles. The van der Waals surface area contributed by atoms with Gasteiger partial charge in [0, 0.05) is 24.4 Å². The van der Waals surface area contributed by atoms with Crippen LogP contribution in [0.4, 0.5) is 0 Å². The van der Waals surface area contributed by atoms with Crippen LogP contribution in [-0.2, 0) is 6.54 Å². The van der Waals surface area contributed by atoms with E-state index >= 15 is 0 Å². The highest BCUT2D eigenvalue weighted by molar-refractivity contribution is 6.30. The predicted molar refractivity (Wildman–Crippen MR) is 81.5 cm³/mol. The van der Waals surface area contributed by atoms with Crippen LogP contribution in [0.1, 0.15) is 10.5 Å². The van der Waals surface area contributed by atoms with Gasteiger partial charge < -0.3 is 9.84 Å². The van der Waals surface area contributed by atoms with E-state index in [0.717, 1.165) is 5.56 Å². The molecule has 0 unspecified atom stereocenters. The largest absolute Gasteiger partial charge is 0.355 e. The maximum Gasteiger partial charge on any atom is 0.273 e. The number of nitrogens with zero attached hydrogens (tertiary/aromatic N) is 3. The highest BCUT2D eigenvalue weighted by atomic mass is 35.5. The van der Waals surface area contributed by atoms with Gasteiger partial charge in [0.05, 0.1) is 17.8 Å². The summed E-state index contributed by atoms with van der Waals surface area (Å²) in [4.78, 5) is 12.0. The van der Waals surface area contributed by atoms with Crippen molar-refractivity contribution in [3.05, 3.63) is 59.5 Å². The van der Waals surface area contributed by atoms with Gasteiger partial charge in [0.1, 0.15) is 0 Å². The van der Waals surface area contributed by atoms with E-state index in [4.69, 9.17) is 16.1 Å². The highest BCUT2D eigenvalue weighted by Gasteiger charge is 2.13. The Hall–Kier alpha value is -2.60. The quantitative estimate of drug-likeness (QED) is 0.785. The molecule has 1 amide bonds. The third-order valence-corrected chi connectivity index (χ3v) is 3.22. The first kappa shape index (κ1) is 14.3. The van der Waals surface area contributed by atoms with Gasteiger partial charge in [0.15, 0.2) is 11.5 Å². The van der Waals surface area contributed by atoms with Crippen LogP contribution in [0, 0.1) is 0 Å². The van der Waals surface area contributed by atoms with Gasteiger partial charge in [0.2, 0.25) is 0 Å². The fourth-order valence-electron chi connectivity index (χ4n) is 1.96. The Morgan fingerprint density at radius 3 is 2.86 bits per heavy atom. The summed E-state index contributed by atoms with van der Waals surface area (Å²) in [6, 6.07) is 11.1. The summed E-state index contributed by atoms with van der Waals surface area (Å²) in [5.41, 5.74) is 1.12. The van der Waals surface area contributed by atoms with Crippen molar-refractivity contribution in [1.29, 1.82) is 0 Å². The standard InChI is InChI=1S/C15H13ClN4O2/c16-12-9-18-20(10-12)7-6-17-15(21)13-8-14(22-19-13)11-4-2-1-3-5-11/h1-5,8-10H,6-7H2,(H,17,21). The van der Waals surface area contributed by atoms with Crippen molar-refractivity contribution < 1.29 is 9.32 Å². The second-order valence-electron chi connectivity index (χ2n) is 4.62. The van der Waals surface area contributed by atoms with E-state index in [2.05, 4.69) is 15.6 Å². The maximum atomic E-state index is 12.0. The van der Waals surface area contributed by atoms with E-state index < -0.39 is 0 Å². The molecular formula is C15H13ClN4O2. The van der Waals surface area contributed by atoms with Gasteiger partial charge >= 0.3 is 0 Å². The molecule has 0 bridgehead atoms. The Kier molecular flexibility index (Phi) is 4.20. The number of nitrogens with one attached hydrogen (secondary N) is 1. The lowest BCUT2D eigenvalue weighted by Crippen LogP contribution is -2.27. The number of amides is 1. The van der Waals surface area contributed by atoms with Crippen LogP contribution < -0.4 is 5.32 Å². The average Bonchev–Trinajstić information content (AvgIpc) is 3.17. The highest BCUT2D eigenvalue weighted by Crippen LogP contribution is 2.19. The van der Waals surface area contributed by atoms with Gasteiger partial charge in [-0.3, -0.25) is 9.48 Å². The molecule has 0 aliphatic rings. The predicted octanol–water partition coefficient (Wildman–Crippen LogP) is 2.62. The second kappa shape index (κ2) is 6.44. The summed E-state index contributed by atoms with van der Waals surface area (Å²) in [6.45, 7) is 0.951. The Morgan fingerprint density at radius 1 is 1.32 bits per heavy atom. The fraction of sp³-hybridized carbons (Fsp3) is 0.133.